The smallest absolute Gasteiger partial charge is 0.123 e. The highest BCUT2D eigenvalue weighted by Crippen LogP contribution is 2.16. The Morgan fingerprint density at radius 2 is 2.00 bits per heavy atom. The molecule has 0 fully saturated rings. The minimum atomic E-state index is -0.219. The van der Waals surface area contributed by atoms with Crippen molar-refractivity contribution >= 4 is 0 Å². The van der Waals surface area contributed by atoms with Crippen LogP contribution in [-0.2, 0) is 13.0 Å². The summed E-state index contributed by atoms with van der Waals surface area (Å²) in [5, 5.41) is 4.26. The van der Waals surface area contributed by atoms with Crippen molar-refractivity contribution in [2.24, 2.45) is 5.73 Å². The molecule has 0 amide bonds. The van der Waals surface area contributed by atoms with E-state index in [9.17, 15) is 4.39 Å². The van der Waals surface area contributed by atoms with Crippen LogP contribution in [0.1, 0.15) is 30.6 Å². The second-order valence-electron chi connectivity index (χ2n) is 4.42. The number of halogens is 1. The quantitative estimate of drug-likeness (QED) is 0.882. The Morgan fingerprint density at radius 3 is 2.67 bits per heavy atom. The van der Waals surface area contributed by atoms with Gasteiger partial charge in [0.05, 0.1) is 11.7 Å². The normalized spacial score (nSPS) is 12.6. The zero-order chi connectivity index (χ0) is 13.0. The van der Waals surface area contributed by atoms with E-state index < -0.39 is 0 Å². The van der Waals surface area contributed by atoms with Gasteiger partial charge in [0.15, 0.2) is 0 Å². The minimum Gasteiger partial charge on any atom is -0.322 e. The van der Waals surface area contributed by atoms with Gasteiger partial charge in [0.2, 0.25) is 0 Å². The maximum atomic E-state index is 12.8. The van der Waals surface area contributed by atoms with Crippen LogP contribution in [0.25, 0.3) is 0 Å². The van der Waals surface area contributed by atoms with Gasteiger partial charge in [0, 0.05) is 12.7 Å². The maximum Gasteiger partial charge on any atom is 0.123 e. The molecule has 0 saturated heterocycles. The van der Waals surface area contributed by atoms with Crippen molar-refractivity contribution in [3.8, 4) is 0 Å². The summed E-state index contributed by atoms with van der Waals surface area (Å²) in [7, 11) is 0. The molecule has 2 N–H and O–H groups in total. The van der Waals surface area contributed by atoms with E-state index >= 15 is 0 Å². The molecule has 4 heteroatoms. The Labute approximate surface area is 106 Å². The monoisotopic (exact) mass is 247 g/mol. The summed E-state index contributed by atoms with van der Waals surface area (Å²) >= 11 is 0. The van der Waals surface area contributed by atoms with Gasteiger partial charge in [0.25, 0.3) is 0 Å². The first-order valence-corrected chi connectivity index (χ1v) is 6.22. The van der Waals surface area contributed by atoms with Gasteiger partial charge in [-0.25, -0.2) is 4.39 Å². The molecule has 3 nitrogen and oxygen atoms in total. The van der Waals surface area contributed by atoms with E-state index in [1.165, 1.54) is 12.1 Å². The zero-order valence-corrected chi connectivity index (χ0v) is 10.5. The lowest BCUT2D eigenvalue weighted by atomic mass is 10.0. The van der Waals surface area contributed by atoms with E-state index in [1.807, 2.05) is 10.7 Å². The van der Waals surface area contributed by atoms with Crippen molar-refractivity contribution in [3.63, 3.8) is 0 Å². The molecule has 1 heterocycles. The number of benzene rings is 1. The summed E-state index contributed by atoms with van der Waals surface area (Å²) in [6.07, 6.45) is 3.49. The Bertz CT molecular complexity index is 490. The standard InChI is InChI=1S/C14H18FN3/c1-2-9-18-14(7-8-17-18)13(16)10-11-3-5-12(15)6-4-11/h3-8,13H,2,9-10,16H2,1H3. The molecule has 0 bridgehead atoms. The molecular weight excluding hydrogens is 229 g/mol. The molecule has 0 spiro atoms. The van der Waals surface area contributed by atoms with Crippen LogP contribution in [0.15, 0.2) is 36.5 Å². The molecule has 2 rings (SSSR count). The molecule has 18 heavy (non-hydrogen) atoms. The summed E-state index contributed by atoms with van der Waals surface area (Å²) in [4.78, 5) is 0. The van der Waals surface area contributed by atoms with Crippen molar-refractivity contribution in [2.45, 2.75) is 32.4 Å². The number of nitrogens with two attached hydrogens (primary N) is 1. The average molecular weight is 247 g/mol. The molecule has 1 atom stereocenters. The number of aromatic nitrogens is 2. The van der Waals surface area contributed by atoms with Crippen LogP contribution in [0, 0.1) is 5.82 Å². The Morgan fingerprint density at radius 1 is 1.28 bits per heavy atom. The Hall–Kier alpha value is -1.68. The van der Waals surface area contributed by atoms with Crippen LogP contribution in [0.2, 0.25) is 0 Å². The van der Waals surface area contributed by atoms with E-state index in [2.05, 4.69) is 12.0 Å². The summed E-state index contributed by atoms with van der Waals surface area (Å²) in [6, 6.07) is 8.32. The summed E-state index contributed by atoms with van der Waals surface area (Å²) in [5.41, 5.74) is 8.25. The number of hydrogen-bond donors (Lipinski definition) is 1. The fourth-order valence-electron chi connectivity index (χ4n) is 2.04. The minimum absolute atomic E-state index is 0.107. The molecule has 1 aromatic heterocycles. The van der Waals surface area contributed by atoms with Crippen LogP contribution in [-0.4, -0.2) is 9.78 Å². The van der Waals surface area contributed by atoms with E-state index in [0.29, 0.717) is 6.42 Å². The highest BCUT2D eigenvalue weighted by atomic mass is 19.1. The third kappa shape index (κ3) is 2.96. The highest BCUT2D eigenvalue weighted by molar-refractivity contribution is 5.19. The molecule has 0 aliphatic carbocycles. The predicted molar refractivity (Wildman–Crippen MR) is 69.6 cm³/mol. The van der Waals surface area contributed by atoms with E-state index in [4.69, 9.17) is 5.73 Å². The molecule has 96 valence electrons. The molecule has 0 radical (unpaired) electrons. The van der Waals surface area contributed by atoms with Gasteiger partial charge < -0.3 is 5.73 Å². The van der Waals surface area contributed by atoms with Crippen molar-refractivity contribution in [3.05, 3.63) is 53.6 Å². The second-order valence-corrected chi connectivity index (χ2v) is 4.42. The zero-order valence-electron chi connectivity index (χ0n) is 10.5. The summed E-state index contributed by atoms with van der Waals surface area (Å²) in [5.74, 6) is -0.219. The topological polar surface area (TPSA) is 43.8 Å². The van der Waals surface area contributed by atoms with Gasteiger partial charge in [-0.2, -0.15) is 5.10 Å². The SMILES string of the molecule is CCCn1nccc1C(N)Cc1ccc(F)cc1. The predicted octanol–water partition coefficient (Wildman–Crippen LogP) is 2.67. The molecular formula is C14H18FN3. The lowest BCUT2D eigenvalue weighted by Gasteiger charge is -2.14. The van der Waals surface area contributed by atoms with Crippen LogP contribution < -0.4 is 5.73 Å². The third-order valence-corrected chi connectivity index (χ3v) is 2.93. The van der Waals surface area contributed by atoms with Gasteiger partial charge in [0.1, 0.15) is 5.82 Å². The van der Waals surface area contributed by atoms with E-state index in [0.717, 1.165) is 24.2 Å². The maximum absolute atomic E-state index is 12.8. The Kier molecular flexibility index (Phi) is 4.10. The van der Waals surface area contributed by atoms with E-state index in [1.54, 1.807) is 18.3 Å². The lowest BCUT2D eigenvalue weighted by Crippen LogP contribution is -2.18. The van der Waals surface area contributed by atoms with E-state index in [-0.39, 0.29) is 11.9 Å². The van der Waals surface area contributed by atoms with Gasteiger partial charge in [-0.15, -0.1) is 0 Å². The van der Waals surface area contributed by atoms with Crippen LogP contribution in [0.5, 0.6) is 0 Å². The lowest BCUT2D eigenvalue weighted by molar-refractivity contribution is 0.537. The first-order valence-electron chi connectivity index (χ1n) is 6.22. The summed E-state index contributed by atoms with van der Waals surface area (Å²) < 4.78 is 14.8. The molecule has 0 aliphatic rings. The summed E-state index contributed by atoms with van der Waals surface area (Å²) in [6.45, 7) is 2.98. The third-order valence-electron chi connectivity index (χ3n) is 2.93. The largest absolute Gasteiger partial charge is 0.322 e. The Balaban J connectivity index is 2.09. The van der Waals surface area contributed by atoms with Gasteiger partial charge in [-0.3, -0.25) is 4.68 Å². The molecule has 0 aliphatic heterocycles. The second kappa shape index (κ2) is 5.78. The number of hydrogen-bond acceptors (Lipinski definition) is 2. The van der Waals surface area contributed by atoms with Crippen molar-refractivity contribution in [1.82, 2.24) is 9.78 Å². The average Bonchev–Trinajstić information content (AvgIpc) is 2.81. The fourth-order valence-corrected chi connectivity index (χ4v) is 2.04. The van der Waals surface area contributed by atoms with Crippen LogP contribution in [0.3, 0.4) is 0 Å². The molecule has 1 unspecified atom stereocenters. The van der Waals surface area contributed by atoms with Gasteiger partial charge in [-0.05, 0) is 36.6 Å². The number of nitrogens with zero attached hydrogens (tertiary/aromatic N) is 2. The van der Waals surface area contributed by atoms with Crippen LogP contribution >= 0.6 is 0 Å². The first kappa shape index (κ1) is 12.8. The van der Waals surface area contributed by atoms with Crippen molar-refractivity contribution in [2.75, 3.05) is 0 Å². The van der Waals surface area contributed by atoms with Crippen molar-refractivity contribution in [1.29, 1.82) is 0 Å². The molecule has 2 aromatic rings. The van der Waals surface area contributed by atoms with Gasteiger partial charge >= 0.3 is 0 Å². The number of rotatable bonds is 5. The highest BCUT2D eigenvalue weighted by Gasteiger charge is 2.12. The van der Waals surface area contributed by atoms with Gasteiger partial charge in [-0.1, -0.05) is 19.1 Å². The van der Waals surface area contributed by atoms with Crippen molar-refractivity contribution < 1.29 is 4.39 Å². The number of aryl methyl sites for hydroxylation is 1. The fraction of sp³-hybridized carbons (Fsp3) is 0.357. The molecule has 1 aromatic carbocycles. The molecule has 0 saturated carbocycles. The van der Waals surface area contributed by atoms with Crippen LogP contribution in [0.4, 0.5) is 4.39 Å². The first-order chi connectivity index (χ1) is 8.70.